The fraction of sp³-hybridized carbons (Fsp3) is 0.308. The van der Waals surface area contributed by atoms with Gasteiger partial charge < -0.3 is 10.4 Å². The molecule has 0 aromatic heterocycles. The summed E-state index contributed by atoms with van der Waals surface area (Å²) in [5.74, 6) is 1.33. The second kappa shape index (κ2) is 7.01. The quantitative estimate of drug-likeness (QED) is 0.354. The summed E-state index contributed by atoms with van der Waals surface area (Å²) in [5.41, 5.74) is -0.592. The van der Waals surface area contributed by atoms with Crippen LogP contribution in [0, 0.1) is 22.5 Å². The molecule has 2 N–H and O–H groups in total. The van der Waals surface area contributed by atoms with Crippen LogP contribution in [-0.4, -0.2) is 22.5 Å². The molecule has 6 heteroatoms. The summed E-state index contributed by atoms with van der Waals surface area (Å²) in [5, 5.41) is 22.8. The van der Waals surface area contributed by atoms with Gasteiger partial charge >= 0.3 is 5.69 Å². The first-order valence-corrected chi connectivity index (χ1v) is 5.76. The first kappa shape index (κ1) is 14.5. The van der Waals surface area contributed by atoms with Crippen molar-refractivity contribution < 1.29 is 14.8 Å². The van der Waals surface area contributed by atoms with Crippen LogP contribution in [0.4, 0.5) is 5.69 Å². The molecule has 1 aromatic rings. The van der Waals surface area contributed by atoms with E-state index < -0.39 is 22.3 Å². The first-order chi connectivity index (χ1) is 9.07. The Kier molecular flexibility index (Phi) is 5.35. The molecule has 19 heavy (non-hydrogen) atoms. The normalized spacial score (nSPS) is 9.63. The number of carbonyl (C=O) groups excluding carboxylic acids is 1. The zero-order valence-corrected chi connectivity index (χ0v) is 10.3. The molecule has 1 amide bonds. The monoisotopic (exact) mass is 262 g/mol. The number of aromatic hydroxyl groups is 1. The Morgan fingerprint density at radius 2 is 2.21 bits per heavy atom. The van der Waals surface area contributed by atoms with E-state index >= 15 is 0 Å². The van der Waals surface area contributed by atoms with Gasteiger partial charge in [-0.3, -0.25) is 14.9 Å². The fourth-order valence-electron chi connectivity index (χ4n) is 1.51. The van der Waals surface area contributed by atoms with E-state index in [2.05, 4.69) is 11.2 Å². The minimum absolute atomic E-state index is 0.105. The van der Waals surface area contributed by atoms with Crippen LogP contribution in [0.3, 0.4) is 0 Å². The Morgan fingerprint density at radius 3 is 2.84 bits per heavy atom. The average molecular weight is 262 g/mol. The van der Waals surface area contributed by atoms with Crippen LogP contribution in [0.1, 0.15) is 29.6 Å². The molecular weight excluding hydrogens is 248 g/mol. The number of rotatable bonds is 6. The molecule has 0 unspecified atom stereocenters. The number of carbonyl (C=O) groups is 1. The molecule has 6 nitrogen and oxygen atoms in total. The molecule has 0 aliphatic carbocycles. The highest BCUT2D eigenvalue weighted by molar-refractivity contribution is 5.98. The summed E-state index contributed by atoms with van der Waals surface area (Å²) < 4.78 is 0. The molecule has 0 saturated heterocycles. The van der Waals surface area contributed by atoms with E-state index in [0.717, 1.165) is 12.5 Å². The molecule has 0 aliphatic rings. The third kappa shape index (κ3) is 4.00. The van der Waals surface area contributed by atoms with E-state index in [1.807, 2.05) is 0 Å². The highest BCUT2D eigenvalue weighted by atomic mass is 16.6. The molecule has 0 bridgehead atoms. The third-order valence-electron chi connectivity index (χ3n) is 2.49. The zero-order chi connectivity index (χ0) is 14.3. The number of nitro groups is 1. The van der Waals surface area contributed by atoms with Crippen molar-refractivity contribution in [1.82, 2.24) is 5.32 Å². The predicted octanol–water partition coefficient (Wildman–Crippen LogP) is 1.83. The fourth-order valence-corrected chi connectivity index (χ4v) is 1.51. The van der Waals surface area contributed by atoms with Crippen molar-refractivity contribution >= 4 is 11.6 Å². The highest BCUT2D eigenvalue weighted by Gasteiger charge is 2.20. The SMILES string of the molecule is C#CCCCCNC(=O)c1cccc([N+](=O)[O-])c1O. The molecule has 0 saturated carbocycles. The van der Waals surface area contributed by atoms with Crippen LogP contribution in [0.25, 0.3) is 0 Å². The van der Waals surface area contributed by atoms with E-state index in [1.165, 1.54) is 12.1 Å². The summed E-state index contributed by atoms with van der Waals surface area (Å²) >= 11 is 0. The topological polar surface area (TPSA) is 92.5 Å². The second-order valence-corrected chi connectivity index (χ2v) is 3.85. The van der Waals surface area contributed by atoms with E-state index in [0.29, 0.717) is 19.4 Å². The zero-order valence-electron chi connectivity index (χ0n) is 10.3. The first-order valence-electron chi connectivity index (χ1n) is 5.76. The van der Waals surface area contributed by atoms with Gasteiger partial charge in [0.2, 0.25) is 5.75 Å². The molecule has 0 atom stereocenters. The minimum atomic E-state index is -0.737. The molecule has 0 radical (unpaired) electrons. The lowest BCUT2D eigenvalue weighted by Crippen LogP contribution is -2.24. The Hall–Kier alpha value is -2.55. The maximum absolute atomic E-state index is 11.7. The predicted molar refractivity (Wildman–Crippen MR) is 69.8 cm³/mol. The maximum Gasteiger partial charge on any atom is 0.311 e. The Morgan fingerprint density at radius 1 is 1.47 bits per heavy atom. The lowest BCUT2D eigenvalue weighted by Gasteiger charge is -2.06. The van der Waals surface area contributed by atoms with Gasteiger partial charge in [0.05, 0.1) is 10.5 Å². The largest absolute Gasteiger partial charge is 0.502 e. The number of nitrogens with zero attached hydrogens (tertiary/aromatic N) is 1. The summed E-state index contributed by atoms with van der Waals surface area (Å²) in [6.45, 7) is 0.405. The summed E-state index contributed by atoms with van der Waals surface area (Å²) in [4.78, 5) is 21.6. The van der Waals surface area contributed by atoms with E-state index in [4.69, 9.17) is 6.42 Å². The van der Waals surface area contributed by atoms with Crippen LogP contribution < -0.4 is 5.32 Å². The van der Waals surface area contributed by atoms with Gasteiger partial charge in [0, 0.05) is 19.0 Å². The maximum atomic E-state index is 11.7. The van der Waals surface area contributed by atoms with Crippen molar-refractivity contribution in [3.63, 3.8) is 0 Å². The lowest BCUT2D eigenvalue weighted by molar-refractivity contribution is -0.385. The van der Waals surface area contributed by atoms with Crippen molar-refractivity contribution in [1.29, 1.82) is 0 Å². The summed E-state index contributed by atoms with van der Waals surface area (Å²) in [6.07, 6.45) is 7.23. The number of amides is 1. The van der Waals surface area contributed by atoms with Crippen LogP contribution in [-0.2, 0) is 0 Å². The van der Waals surface area contributed by atoms with Gasteiger partial charge in [0.1, 0.15) is 0 Å². The molecule has 1 rings (SSSR count). The average Bonchev–Trinajstić information content (AvgIpc) is 2.38. The van der Waals surface area contributed by atoms with Gasteiger partial charge in [-0.25, -0.2) is 0 Å². The smallest absolute Gasteiger partial charge is 0.311 e. The number of hydrogen-bond acceptors (Lipinski definition) is 4. The summed E-state index contributed by atoms with van der Waals surface area (Å²) in [7, 11) is 0. The van der Waals surface area contributed by atoms with Gasteiger partial charge in [-0.05, 0) is 18.9 Å². The Bertz CT molecular complexity index is 520. The van der Waals surface area contributed by atoms with Gasteiger partial charge in [-0.15, -0.1) is 12.3 Å². The van der Waals surface area contributed by atoms with Gasteiger partial charge in [-0.2, -0.15) is 0 Å². The van der Waals surface area contributed by atoms with Gasteiger partial charge in [-0.1, -0.05) is 6.07 Å². The van der Waals surface area contributed by atoms with Crippen molar-refractivity contribution in [2.75, 3.05) is 6.54 Å². The third-order valence-corrected chi connectivity index (χ3v) is 2.49. The molecule has 0 fully saturated rings. The van der Waals surface area contributed by atoms with Crippen LogP contribution in [0.2, 0.25) is 0 Å². The number of phenolic OH excluding ortho intramolecular Hbond substituents is 1. The number of para-hydroxylation sites is 1. The number of nitro benzene ring substituents is 1. The van der Waals surface area contributed by atoms with Crippen LogP contribution in [0.15, 0.2) is 18.2 Å². The number of nitrogens with one attached hydrogen (secondary N) is 1. The lowest BCUT2D eigenvalue weighted by atomic mass is 10.1. The van der Waals surface area contributed by atoms with Crippen molar-refractivity contribution in [2.24, 2.45) is 0 Å². The van der Waals surface area contributed by atoms with Crippen molar-refractivity contribution in [3.05, 3.63) is 33.9 Å². The molecular formula is C13H14N2O4. The molecule has 0 spiro atoms. The van der Waals surface area contributed by atoms with Crippen LogP contribution in [0.5, 0.6) is 5.75 Å². The standard InChI is InChI=1S/C13H14N2O4/c1-2-3-4-5-9-14-13(17)10-7-6-8-11(12(10)16)15(18)19/h1,6-8,16H,3-5,9H2,(H,14,17). The molecule has 100 valence electrons. The second-order valence-electron chi connectivity index (χ2n) is 3.85. The molecule has 0 heterocycles. The number of benzene rings is 1. The number of hydrogen-bond donors (Lipinski definition) is 2. The minimum Gasteiger partial charge on any atom is -0.502 e. The number of phenols is 1. The van der Waals surface area contributed by atoms with Gasteiger partial charge in [0.25, 0.3) is 5.91 Å². The van der Waals surface area contributed by atoms with Crippen molar-refractivity contribution in [3.8, 4) is 18.1 Å². The number of terminal acetylenes is 1. The van der Waals surface area contributed by atoms with Crippen LogP contribution >= 0.6 is 0 Å². The Labute approximate surface area is 110 Å². The van der Waals surface area contributed by atoms with E-state index in [-0.39, 0.29) is 5.56 Å². The Balaban J connectivity index is 2.65. The molecule has 1 aromatic carbocycles. The van der Waals surface area contributed by atoms with Gasteiger partial charge in [0.15, 0.2) is 0 Å². The van der Waals surface area contributed by atoms with E-state index in [1.54, 1.807) is 0 Å². The molecule has 0 aliphatic heterocycles. The summed E-state index contributed by atoms with van der Waals surface area (Å²) in [6, 6.07) is 3.82. The highest BCUT2D eigenvalue weighted by Crippen LogP contribution is 2.28. The van der Waals surface area contributed by atoms with E-state index in [9.17, 15) is 20.0 Å². The van der Waals surface area contributed by atoms with Crippen molar-refractivity contribution in [2.45, 2.75) is 19.3 Å². The number of unbranched alkanes of at least 4 members (excludes halogenated alkanes) is 2.